The van der Waals surface area contributed by atoms with E-state index >= 15 is 0 Å². The summed E-state index contributed by atoms with van der Waals surface area (Å²) in [6.45, 7) is 1.86. The predicted octanol–water partition coefficient (Wildman–Crippen LogP) is 6.35. The molecule has 1 N–H and O–H groups in total. The van der Waals surface area contributed by atoms with Gasteiger partial charge in [-0.1, -0.05) is 69.7 Å². The molecule has 5 nitrogen and oxygen atoms in total. The molecule has 0 aliphatic heterocycles. The van der Waals surface area contributed by atoms with Crippen molar-refractivity contribution in [3.63, 3.8) is 0 Å². The van der Waals surface area contributed by atoms with Gasteiger partial charge in [0.05, 0.1) is 32.9 Å². The number of halogens is 1. The Bertz CT molecular complexity index is 1430. The van der Waals surface area contributed by atoms with Gasteiger partial charge in [0.15, 0.2) is 0 Å². The van der Waals surface area contributed by atoms with Crippen LogP contribution in [0.25, 0.3) is 26.6 Å². The summed E-state index contributed by atoms with van der Waals surface area (Å²) in [6, 6.07) is 25.4. The van der Waals surface area contributed by atoms with E-state index in [0.717, 1.165) is 31.6 Å². The maximum atomic E-state index is 13.5. The Balaban J connectivity index is 1.71. The lowest BCUT2D eigenvalue weighted by Gasteiger charge is -2.03. The van der Waals surface area contributed by atoms with Crippen LogP contribution in [-0.4, -0.2) is 20.5 Å². The van der Waals surface area contributed by atoms with Crippen molar-refractivity contribution in [2.75, 3.05) is 0 Å². The molecular formula is C24H17BrN4OS. The summed E-state index contributed by atoms with van der Waals surface area (Å²) in [5.41, 5.74) is 4.30. The first-order valence-corrected chi connectivity index (χ1v) is 11.3. The van der Waals surface area contributed by atoms with Gasteiger partial charge in [-0.25, -0.2) is 4.98 Å². The zero-order valence-corrected chi connectivity index (χ0v) is 18.9. The fourth-order valence-electron chi connectivity index (χ4n) is 3.44. The largest absolute Gasteiger partial charge is 0.288 e. The van der Waals surface area contributed by atoms with Crippen LogP contribution in [-0.2, 0) is 0 Å². The van der Waals surface area contributed by atoms with Gasteiger partial charge in [0, 0.05) is 10.0 Å². The SMILES string of the molecule is CC(=Nc1ccc(Br)cc1)c1c(-c2ccccc2)[nH]n(-c2nc3ccccc3s2)c1=O. The topological polar surface area (TPSA) is 63.0 Å². The fraction of sp³-hybridized carbons (Fsp3) is 0.0417. The number of hydrogen-bond acceptors (Lipinski definition) is 4. The average Bonchev–Trinajstić information content (AvgIpc) is 3.37. The molecule has 0 spiro atoms. The van der Waals surface area contributed by atoms with Crippen LogP contribution >= 0.6 is 27.3 Å². The molecule has 2 heterocycles. The highest BCUT2D eigenvalue weighted by Crippen LogP contribution is 2.27. The maximum Gasteiger partial charge on any atom is 0.283 e. The number of thiazole rings is 1. The van der Waals surface area contributed by atoms with E-state index < -0.39 is 0 Å². The van der Waals surface area contributed by atoms with Crippen LogP contribution in [0.15, 0.2) is 93.1 Å². The normalized spacial score (nSPS) is 11.9. The second-order valence-corrected chi connectivity index (χ2v) is 8.93. The van der Waals surface area contributed by atoms with Gasteiger partial charge in [0.25, 0.3) is 5.56 Å². The van der Waals surface area contributed by atoms with E-state index in [4.69, 9.17) is 4.99 Å². The number of aliphatic imine (C=N–C) groups is 1. The lowest BCUT2D eigenvalue weighted by Crippen LogP contribution is -2.19. The lowest BCUT2D eigenvalue weighted by molar-refractivity contribution is 0.845. The van der Waals surface area contributed by atoms with Gasteiger partial charge in [0.2, 0.25) is 5.13 Å². The van der Waals surface area contributed by atoms with Crippen molar-refractivity contribution in [1.82, 2.24) is 14.8 Å². The van der Waals surface area contributed by atoms with Crippen LogP contribution in [0.4, 0.5) is 5.69 Å². The first-order valence-electron chi connectivity index (χ1n) is 9.68. The molecule has 0 bridgehead atoms. The molecule has 31 heavy (non-hydrogen) atoms. The number of para-hydroxylation sites is 1. The molecule has 0 amide bonds. The molecular weight excluding hydrogens is 472 g/mol. The van der Waals surface area contributed by atoms with Gasteiger partial charge < -0.3 is 0 Å². The molecule has 152 valence electrons. The van der Waals surface area contributed by atoms with Gasteiger partial charge in [0.1, 0.15) is 0 Å². The summed E-state index contributed by atoms with van der Waals surface area (Å²) >= 11 is 4.92. The minimum atomic E-state index is -0.170. The molecule has 0 saturated heterocycles. The zero-order valence-electron chi connectivity index (χ0n) is 16.5. The Morgan fingerprint density at radius 2 is 1.71 bits per heavy atom. The van der Waals surface area contributed by atoms with E-state index in [1.807, 2.05) is 85.8 Å². The second kappa shape index (κ2) is 8.09. The van der Waals surface area contributed by atoms with Crippen LogP contribution in [0.5, 0.6) is 0 Å². The fourth-order valence-corrected chi connectivity index (χ4v) is 4.63. The van der Waals surface area contributed by atoms with Crippen LogP contribution in [0, 0.1) is 0 Å². The van der Waals surface area contributed by atoms with Crippen molar-refractivity contribution in [2.24, 2.45) is 4.99 Å². The van der Waals surface area contributed by atoms with Crippen molar-refractivity contribution < 1.29 is 0 Å². The van der Waals surface area contributed by atoms with Crippen molar-refractivity contribution in [2.45, 2.75) is 6.92 Å². The minimum Gasteiger partial charge on any atom is -0.288 e. The van der Waals surface area contributed by atoms with E-state index in [9.17, 15) is 4.79 Å². The summed E-state index contributed by atoms with van der Waals surface area (Å²) in [7, 11) is 0. The van der Waals surface area contributed by atoms with Gasteiger partial charge in [-0.2, -0.15) is 4.68 Å². The molecule has 0 radical (unpaired) electrons. The highest BCUT2D eigenvalue weighted by atomic mass is 79.9. The summed E-state index contributed by atoms with van der Waals surface area (Å²) < 4.78 is 3.53. The zero-order chi connectivity index (χ0) is 21.4. The molecule has 2 aromatic heterocycles. The van der Waals surface area contributed by atoms with Crippen molar-refractivity contribution in [1.29, 1.82) is 0 Å². The Hall–Kier alpha value is -3.29. The molecule has 5 aromatic rings. The molecule has 5 rings (SSSR count). The number of H-pyrrole nitrogens is 1. The molecule has 0 saturated carbocycles. The van der Waals surface area contributed by atoms with E-state index in [0.29, 0.717) is 16.4 Å². The maximum absolute atomic E-state index is 13.5. The lowest BCUT2D eigenvalue weighted by atomic mass is 10.1. The quantitative estimate of drug-likeness (QED) is 0.299. The number of aromatic amines is 1. The summed E-state index contributed by atoms with van der Waals surface area (Å²) in [6.07, 6.45) is 0. The number of nitrogens with one attached hydrogen (secondary N) is 1. The third kappa shape index (κ3) is 3.78. The Morgan fingerprint density at radius 1 is 1.00 bits per heavy atom. The molecule has 0 atom stereocenters. The molecule has 0 fully saturated rings. The molecule has 0 aliphatic carbocycles. The van der Waals surface area contributed by atoms with E-state index in [1.54, 1.807) is 0 Å². The van der Waals surface area contributed by atoms with Crippen LogP contribution < -0.4 is 5.56 Å². The third-order valence-corrected chi connectivity index (χ3v) is 6.46. The number of rotatable bonds is 4. The van der Waals surface area contributed by atoms with Crippen LogP contribution in [0.1, 0.15) is 12.5 Å². The van der Waals surface area contributed by atoms with E-state index in [1.165, 1.54) is 16.0 Å². The van der Waals surface area contributed by atoms with Gasteiger partial charge in [-0.3, -0.25) is 14.9 Å². The molecule has 0 unspecified atom stereocenters. The number of fused-ring (bicyclic) bond motifs is 1. The average molecular weight is 489 g/mol. The predicted molar refractivity (Wildman–Crippen MR) is 131 cm³/mol. The van der Waals surface area contributed by atoms with Crippen LogP contribution in [0.3, 0.4) is 0 Å². The first kappa shape index (κ1) is 19.7. The van der Waals surface area contributed by atoms with Gasteiger partial charge >= 0.3 is 0 Å². The van der Waals surface area contributed by atoms with E-state index in [2.05, 4.69) is 26.0 Å². The van der Waals surface area contributed by atoms with Gasteiger partial charge in [-0.05, 0) is 43.3 Å². The van der Waals surface area contributed by atoms with E-state index in [-0.39, 0.29) is 5.56 Å². The minimum absolute atomic E-state index is 0.170. The summed E-state index contributed by atoms with van der Waals surface area (Å²) in [5, 5.41) is 3.89. The highest BCUT2D eigenvalue weighted by molar-refractivity contribution is 9.10. The third-order valence-electron chi connectivity index (χ3n) is 4.91. The molecule has 3 aromatic carbocycles. The smallest absolute Gasteiger partial charge is 0.283 e. The summed E-state index contributed by atoms with van der Waals surface area (Å²) in [5.74, 6) is 0. The van der Waals surface area contributed by atoms with Crippen molar-refractivity contribution in [3.05, 3.63) is 99.3 Å². The van der Waals surface area contributed by atoms with Gasteiger partial charge in [-0.15, -0.1) is 0 Å². The molecule has 0 aliphatic rings. The Labute approximate surface area is 190 Å². The number of aromatic nitrogens is 3. The first-order chi connectivity index (χ1) is 15.1. The standard InChI is InChI=1S/C24H17BrN4OS/c1-15(26-18-13-11-17(25)12-14-18)21-22(16-7-3-2-4-8-16)28-29(23(21)30)24-27-19-9-5-6-10-20(19)31-24/h2-14,28H,1H3. The Morgan fingerprint density at radius 3 is 2.45 bits per heavy atom. The monoisotopic (exact) mass is 488 g/mol. The number of nitrogens with zero attached hydrogens (tertiary/aromatic N) is 3. The Kier molecular flexibility index (Phi) is 5.13. The second-order valence-electron chi connectivity index (χ2n) is 7.01. The summed E-state index contributed by atoms with van der Waals surface area (Å²) in [4.78, 5) is 22.9. The van der Waals surface area contributed by atoms with Crippen LogP contribution in [0.2, 0.25) is 0 Å². The number of benzene rings is 3. The van der Waals surface area contributed by atoms with Crippen molar-refractivity contribution >= 4 is 48.9 Å². The highest BCUT2D eigenvalue weighted by Gasteiger charge is 2.21. The van der Waals surface area contributed by atoms with Crippen molar-refractivity contribution in [3.8, 4) is 16.4 Å². The number of hydrogen-bond donors (Lipinski definition) is 1. The molecule has 7 heteroatoms.